The minimum atomic E-state index is -2.95. The van der Waals surface area contributed by atoms with Crippen LogP contribution in [0.3, 0.4) is 0 Å². The number of ketones is 1. The summed E-state index contributed by atoms with van der Waals surface area (Å²) in [5.74, 6) is 0.421. The summed E-state index contributed by atoms with van der Waals surface area (Å²) in [7, 11) is -2.95. The molecule has 2 rings (SSSR count). The van der Waals surface area contributed by atoms with Crippen LogP contribution in [0.25, 0.3) is 0 Å². The lowest BCUT2D eigenvalue weighted by Crippen LogP contribution is -2.51. The summed E-state index contributed by atoms with van der Waals surface area (Å²) in [6.45, 7) is 2.08. The Morgan fingerprint density at radius 1 is 1.11 bits per heavy atom. The van der Waals surface area contributed by atoms with Crippen LogP contribution >= 0.6 is 0 Å². The summed E-state index contributed by atoms with van der Waals surface area (Å²) in [5.41, 5.74) is -0.242. The first-order valence-corrected chi connectivity index (χ1v) is 9.46. The molecule has 2 aliphatic rings. The summed E-state index contributed by atoms with van der Waals surface area (Å²) >= 11 is 0. The summed E-state index contributed by atoms with van der Waals surface area (Å²) < 4.78 is 22.3. The number of likely N-dealkylation sites (tertiary alicyclic amines) is 1. The van der Waals surface area contributed by atoms with Crippen LogP contribution in [-0.4, -0.2) is 49.7 Å². The first kappa shape index (κ1) is 15.0. The van der Waals surface area contributed by atoms with Crippen molar-refractivity contribution in [2.45, 2.75) is 56.9 Å². The maximum absolute atomic E-state index is 12.6. The number of nitrogens with zero attached hydrogens (tertiary/aromatic N) is 1. The molecule has 0 aromatic rings. The van der Waals surface area contributed by atoms with Crippen LogP contribution in [0.15, 0.2) is 0 Å². The Morgan fingerprint density at radius 2 is 1.68 bits per heavy atom. The van der Waals surface area contributed by atoms with Crippen LogP contribution in [-0.2, 0) is 14.6 Å². The summed E-state index contributed by atoms with van der Waals surface area (Å²) in [6.07, 6.45) is 8.74. The van der Waals surface area contributed by atoms with Crippen molar-refractivity contribution in [1.29, 1.82) is 0 Å². The molecule has 0 amide bonds. The van der Waals surface area contributed by atoms with E-state index in [9.17, 15) is 13.2 Å². The van der Waals surface area contributed by atoms with Crippen molar-refractivity contribution in [1.82, 2.24) is 4.90 Å². The number of Topliss-reactive ketones (excluding diaryl/α,β-unsaturated/α-hetero) is 1. The largest absolute Gasteiger partial charge is 0.298 e. The second-order valence-electron chi connectivity index (χ2n) is 6.09. The Hall–Kier alpha value is -0.420. The Kier molecular flexibility index (Phi) is 4.66. The molecule has 0 aromatic carbocycles. The van der Waals surface area contributed by atoms with Crippen molar-refractivity contribution in [3.63, 3.8) is 0 Å². The first-order valence-electron chi connectivity index (χ1n) is 7.40. The lowest BCUT2D eigenvalue weighted by atomic mass is 9.87. The van der Waals surface area contributed by atoms with Crippen LogP contribution < -0.4 is 0 Å². The van der Waals surface area contributed by atoms with Crippen LogP contribution in [0.1, 0.15) is 51.4 Å². The van der Waals surface area contributed by atoms with Crippen molar-refractivity contribution in [3.05, 3.63) is 0 Å². The molecule has 0 aromatic heterocycles. The van der Waals surface area contributed by atoms with Gasteiger partial charge in [-0.25, -0.2) is 8.42 Å². The van der Waals surface area contributed by atoms with E-state index in [0.29, 0.717) is 12.8 Å². The molecule has 1 heterocycles. The molecule has 110 valence electrons. The van der Waals surface area contributed by atoms with Crippen molar-refractivity contribution in [2.75, 3.05) is 25.1 Å². The maximum atomic E-state index is 12.6. The fraction of sp³-hybridized carbons (Fsp3) is 0.929. The van der Waals surface area contributed by atoms with E-state index >= 15 is 0 Å². The van der Waals surface area contributed by atoms with Gasteiger partial charge in [-0.15, -0.1) is 0 Å². The standard InChI is InChI=1S/C14H25NO3S/c1-19(17,18)12-6-7-13(16)14(8-2-3-9-14)15-10-4-5-11-15/h2-12H2,1H3. The highest BCUT2D eigenvalue weighted by Gasteiger charge is 2.45. The minimum absolute atomic E-state index is 0.134. The zero-order chi connectivity index (χ0) is 13.9. The van der Waals surface area contributed by atoms with Gasteiger partial charge in [0.05, 0.1) is 11.3 Å². The molecule has 0 radical (unpaired) electrons. The predicted octanol–water partition coefficient (Wildman–Crippen LogP) is 1.79. The number of hydrogen-bond donors (Lipinski definition) is 0. The van der Waals surface area contributed by atoms with Crippen LogP contribution in [0, 0.1) is 0 Å². The molecule has 0 N–H and O–H groups in total. The third-order valence-electron chi connectivity index (χ3n) is 4.58. The van der Waals surface area contributed by atoms with E-state index in [2.05, 4.69) is 4.90 Å². The molecule has 5 heteroatoms. The van der Waals surface area contributed by atoms with Gasteiger partial charge < -0.3 is 0 Å². The maximum Gasteiger partial charge on any atom is 0.153 e. The van der Waals surface area contributed by atoms with Gasteiger partial charge in [-0.3, -0.25) is 9.69 Å². The molecule has 4 nitrogen and oxygen atoms in total. The summed E-state index contributed by atoms with van der Waals surface area (Å²) in [5, 5.41) is 0. The Bertz CT molecular complexity index is 418. The van der Waals surface area contributed by atoms with E-state index in [1.807, 2.05) is 0 Å². The third-order valence-corrected chi connectivity index (χ3v) is 5.61. The highest BCUT2D eigenvalue weighted by molar-refractivity contribution is 7.90. The summed E-state index contributed by atoms with van der Waals surface area (Å²) in [6, 6.07) is 0. The highest BCUT2D eigenvalue weighted by Crippen LogP contribution is 2.39. The Balaban J connectivity index is 1.97. The van der Waals surface area contributed by atoms with Gasteiger partial charge >= 0.3 is 0 Å². The van der Waals surface area contributed by atoms with Gasteiger partial charge in [0, 0.05) is 12.7 Å². The van der Waals surface area contributed by atoms with Crippen LogP contribution in [0.5, 0.6) is 0 Å². The van der Waals surface area contributed by atoms with Gasteiger partial charge in [0.25, 0.3) is 0 Å². The zero-order valence-corrected chi connectivity index (χ0v) is 12.7. The van der Waals surface area contributed by atoms with Gasteiger partial charge in [-0.2, -0.15) is 0 Å². The van der Waals surface area contributed by atoms with E-state index in [1.165, 1.54) is 19.1 Å². The molecule has 2 fully saturated rings. The smallest absolute Gasteiger partial charge is 0.153 e. The number of hydrogen-bond acceptors (Lipinski definition) is 4. The fourth-order valence-corrected chi connectivity index (χ4v) is 4.27. The molecular formula is C14H25NO3S. The predicted molar refractivity (Wildman–Crippen MR) is 76.0 cm³/mol. The molecule has 1 saturated heterocycles. The van der Waals surface area contributed by atoms with Gasteiger partial charge in [-0.1, -0.05) is 12.8 Å². The van der Waals surface area contributed by atoms with E-state index < -0.39 is 9.84 Å². The van der Waals surface area contributed by atoms with Gasteiger partial charge in [0.2, 0.25) is 0 Å². The zero-order valence-electron chi connectivity index (χ0n) is 11.9. The van der Waals surface area contributed by atoms with Crippen molar-refractivity contribution in [3.8, 4) is 0 Å². The van der Waals surface area contributed by atoms with Crippen LogP contribution in [0.2, 0.25) is 0 Å². The highest BCUT2D eigenvalue weighted by atomic mass is 32.2. The molecule has 1 aliphatic heterocycles. The minimum Gasteiger partial charge on any atom is -0.298 e. The SMILES string of the molecule is CS(=O)(=O)CCCC(=O)C1(N2CCCC2)CCCC1. The molecule has 0 unspecified atom stereocenters. The quantitative estimate of drug-likeness (QED) is 0.747. The fourth-order valence-electron chi connectivity index (χ4n) is 3.60. The lowest BCUT2D eigenvalue weighted by molar-refractivity contribution is -0.130. The second kappa shape index (κ2) is 5.92. The topological polar surface area (TPSA) is 54.5 Å². The molecule has 19 heavy (non-hydrogen) atoms. The van der Waals surface area contributed by atoms with Gasteiger partial charge in [-0.05, 0) is 45.2 Å². The van der Waals surface area contributed by atoms with Crippen molar-refractivity contribution < 1.29 is 13.2 Å². The molecule has 1 saturated carbocycles. The normalized spacial score (nSPS) is 23.8. The summed E-state index contributed by atoms with van der Waals surface area (Å²) in [4.78, 5) is 15.0. The van der Waals surface area contributed by atoms with E-state index in [1.54, 1.807) is 0 Å². The second-order valence-corrected chi connectivity index (χ2v) is 8.35. The number of carbonyl (C=O) groups is 1. The lowest BCUT2D eigenvalue weighted by Gasteiger charge is -2.37. The van der Waals surface area contributed by atoms with Gasteiger partial charge in [0.15, 0.2) is 5.78 Å². The Labute approximate surface area is 116 Å². The Morgan fingerprint density at radius 3 is 2.21 bits per heavy atom. The molecule has 0 bridgehead atoms. The van der Waals surface area contributed by atoms with E-state index in [-0.39, 0.29) is 17.1 Å². The van der Waals surface area contributed by atoms with E-state index in [0.717, 1.165) is 38.8 Å². The molecule has 0 spiro atoms. The van der Waals surface area contributed by atoms with Crippen molar-refractivity contribution in [2.24, 2.45) is 0 Å². The number of sulfone groups is 1. The number of carbonyl (C=O) groups excluding carboxylic acids is 1. The molecule has 1 aliphatic carbocycles. The number of rotatable bonds is 6. The third kappa shape index (κ3) is 3.57. The van der Waals surface area contributed by atoms with E-state index in [4.69, 9.17) is 0 Å². The average Bonchev–Trinajstić information content (AvgIpc) is 2.99. The van der Waals surface area contributed by atoms with Gasteiger partial charge in [0.1, 0.15) is 9.84 Å². The molecular weight excluding hydrogens is 262 g/mol. The average molecular weight is 287 g/mol. The van der Waals surface area contributed by atoms with Crippen LogP contribution in [0.4, 0.5) is 0 Å². The molecule has 0 atom stereocenters. The first-order chi connectivity index (χ1) is 8.94. The van der Waals surface area contributed by atoms with Crippen molar-refractivity contribution >= 4 is 15.6 Å². The monoisotopic (exact) mass is 287 g/mol.